The topological polar surface area (TPSA) is 0 Å². The summed E-state index contributed by atoms with van der Waals surface area (Å²) in [5.74, 6) is 3.44. The second-order valence-electron chi connectivity index (χ2n) is 14.1. The van der Waals surface area contributed by atoms with Crippen molar-refractivity contribution in [3.8, 4) is 0 Å². The van der Waals surface area contributed by atoms with E-state index in [0.29, 0.717) is 0 Å². The highest BCUT2D eigenvalue weighted by Crippen LogP contribution is 2.47. The van der Waals surface area contributed by atoms with E-state index in [9.17, 15) is 0 Å². The van der Waals surface area contributed by atoms with Gasteiger partial charge >= 0.3 is 0 Å². The first-order valence-electron chi connectivity index (χ1n) is 18.8. The molecule has 2 saturated carbocycles. The Labute approximate surface area is 246 Å². The van der Waals surface area contributed by atoms with Crippen LogP contribution in [0, 0.1) is 23.7 Å². The maximum atomic E-state index is 2.76. The molecule has 0 radical (unpaired) electrons. The Hall–Kier alpha value is -0.520. The zero-order chi connectivity index (χ0) is 27.4. The van der Waals surface area contributed by atoms with Gasteiger partial charge in [0.1, 0.15) is 0 Å². The van der Waals surface area contributed by atoms with Crippen molar-refractivity contribution >= 4 is 0 Å². The van der Waals surface area contributed by atoms with Gasteiger partial charge in [-0.05, 0) is 62.2 Å². The second kappa shape index (κ2) is 21.2. The molecular formula is C39H70. The lowest BCUT2D eigenvalue weighted by molar-refractivity contribution is 0.283. The van der Waals surface area contributed by atoms with E-state index >= 15 is 0 Å². The molecule has 226 valence electrons. The summed E-state index contributed by atoms with van der Waals surface area (Å²) in [5, 5.41) is 0. The minimum atomic E-state index is 0.848. The quantitative estimate of drug-likeness (QED) is 0.256. The van der Waals surface area contributed by atoms with Crippen LogP contribution in [0.15, 0.2) is 23.3 Å². The van der Waals surface area contributed by atoms with Crippen molar-refractivity contribution in [1.82, 2.24) is 0 Å². The van der Waals surface area contributed by atoms with Gasteiger partial charge in [0.15, 0.2) is 0 Å². The number of hydrogen-bond donors (Lipinski definition) is 0. The SMILES string of the molecule is CCCCCC1C(C2CCCCCCCCCCC2)=CC=C(C2CCCCCCCCCCC2)C1CCCC. The van der Waals surface area contributed by atoms with Crippen LogP contribution in [-0.4, -0.2) is 0 Å². The molecular weight excluding hydrogens is 468 g/mol. The van der Waals surface area contributed by atoms with Crippen LogP contribution >= 0.6 is 0 Å². The summed E-state index contributed by atoms with van der Waals surface area (Å²) < 4.78 is 0. The van der Waals surface area contributed by atoms with Gasteiger partial charge in [-0.15, -0.1) is 0 Å². The van der Waals surface area contributed by atoms with E-state index in [1.54, 1.807) is 0 Å². The molecule has 3 rings (SSSR count). The van der Waals surface area contributed by atoms with Crippen molar-refractivity contribution in [3.05, 3.63) is 23.3 Å². The Kier molecular flexibility index (Phi) is 18.0. The van der Waals surface area contributed by atoms with Gasteiger partial charge < -0.3 is 0 Å². The highest BCUT2D eigenvalue weighted by molar-refractivity contribution is 5.32. The predicted molar refractivity (Wildman–Crippen MR) is 175 cm³/mol. The fourth-order valence-corrected chi connectivity index (χ4v) is 8.55. The number of unbranched alkanes of at least 4 members (excludes halogenated alkanes) is 3. The summed E-state index contributed by atoms with van der Waals surface area (Å²) in [6.45, 7) is 4.83. The highest BCUT2D eigenvalue weighted by Gasteiger charge is 2.35. The molecule has 0 bridgehead atoms. The lowest BCUT2D eigenvalue weighted by atomic mass is 9.64. The molecule has 0 heterocycles. The summed E-state index contributed by atoms with van der Waals surface area (Å²) in [4.78, 5) is 0. The van der Waals surface area contributed by atoms with E-state index in [0.717, 1.165) is 23.7 Å². The molecule has 0 amide bonds. The smallest absolute Gasteiger partial charge is 0.0131 e. The molecule has 0 aromatic carbocycles. The second-order valence-corrected chi connectivity index (χ2v) is 14.1. The monoisotopic (exact) mass is 539 g/mol. The summed E-state index contributed by atoms with van der Waals surface area (Å²) >= 11 is 0. The van der Waals surface area contributed by atoms with E-state index in [1.165, 1.54) is 186 Å². The van der Waals surface area contributed by atoms with Crippen LogP contribution in [0.4, 0.5) is 0 Å². The van der Waals surface area contributed by atoms with Gasteiger partial charge in [-0.2, -0.15) is 0 Å². The fraction of sp³-hybridized carbons (Fsp3) is 0.897. The molecule has 2 fully saturated rings. The molecule has 0 spiro atoms. The molecule has 0 aromatic heterocycles. The van der Waals surface area contributed by atoms with E-state index < -0.39 is 0 Å². The lowest BCUT2D eigenvalue weighted by Gasteiger charge is -2.41. The third-order valence-electron chi connectivity index (χ3n) is 11.0. The zero-order valence-corrected chi connectivity index (χ0v) is 27.0. The van der Waals surface area contributed by atoms with Gasteiger partial charge in [-0.1, -0.05) is 185 Å². The van der Waals surface area contributed by atoms with Crippen LogP contribution in [0.3, 0.4) is 0 Å². The van der Waals surface area contributed by atoms with Gasteiger partial charge in [0, 0.05) is 0 Å². The van der Waals surface area contributed by atoms with Crippen LogP contribution in [0.2, 0.25) is 0 Å². The molecule has 2 unspecified atom stereocenters. The standard InChI is InChI=1S/C39H70/c1-3-5-21-31-39-37(35-28-24-19-15-11-8-12-16-20-25-29-35)33-32-36(38(39)30-6-4-2)34-26-22-17-13-9-7-10-14-18-23-27-34/h32-35,38-39H,3-31H2,1-2H3. The van der Waals surface area contributed by atoms with E-state index in [4.69, 9.17) is 0 Å². The third-order valence-corrected chi connectivity index (χ3v) is 11.0. The first kappa shape index (κ1) is 33.0. The molecule has 0 heteroatoms. The van der Waals surface area contributed by atoms with Gasteiger partial charge in [0.2, 0.25) is 0 Å². The molecule has 3 aliphatic carbocycles. The number of rotatable bonds is 9. The first-order chi connectivity index (χ1) is 19.3. The van der Waals surface area contributed by atoms with Crippen molar-refractivity contribution in [2.45, 2.75) is 200 Å². The van der Waals surface area contributed by atoms with Crippen LogP contribution < -0.4 is 0 Å². The zero-order valence-electron chi connectivity index (χ0n) is 27.0. The van der Waals surface area contributed by atoms with Crippen molar-refractivity contribution in [2.24, 2.45) is 23.7 Å². The highest BCUT2D eigenvalue weighted by atomic mass is 14.4. The Morgan fingerprint density at radius 2 is 0.718 bits per heavy atom. The van der Waals surface area contributed by atoms with E-state index in [2.05, 4.69) is 26.0 Å². The third kappa shape index (κ3) is 12.5. The minimum absolute atomic E-state index is 0.848. The molecule has 0 nitrogen and oxygen atoms in total. The Morgan fingerprint density at radius 1 is 0.410 bits per heavy atom. The molecule has 0 saturated heterocycles. The Morgan fingerprint density at radius 3 is 1.05 bits per heavy atom. The van der Waals surface area contributed by atoms with Crippen LogP contribution in [0.25, 0.3) is 0 Å². The van der Waals surface area contributed by atoms with Crippen LogP contribution in [0.5, 0.6) is 0 Å². The molecule has 0 aromatic rings. The van der Waals surface area contributed by atoms with Crippen LogP contribution in [0.1, 0.15) is 200 Å². The average molecular weight is 539 g/mol. The number of hydrogen-bond acceptors (Lipinski definition) is 0. The summed E-state index contributed by atoms with van der Waals surface area (Å²) in [6.07, 6.45) is 48.0. The summed E-state index contributed by atoms with van der Waals surface area (Å²) in [5.41, 5.74) is 3.86. The molecule has 2 atom stereocenters. The van der Waals surface area contributed by atoms with Gasteiger partial charge in [-0.25, -0.2) is 0 Å². The van der Waals surface area contributed by atoms with Gasteiger partial charge in [-0.3, -0.25) is 0 Å². The maximum Gasteiger partial charge on any atom is -0.0131 e. The fourth-order valence-electron chi connectivity index (χ4n) is 8.55. The molecule has 3 aliphatic rings. The Balaban J connectivity index is 1.85. The van der Waals surface area contributed by atoms with E-state index in [-0.39, 0.29) is 0 Å². The summed E-state index contributed by atoms with van der Waals surface area (Å²) in [7, 11) is 0. The van der Waals surface area contributed by atoms with Crippen molar-refractivity contribution in [3.63, 3.8) is 0 Å². The summed E-state index contributed by atoms with van der Waals surface area (Å²) in [6, 6.07) is 0. The lowest BCUT2D eigenvalue weighted by Crippen LogP contribution is -2.29. The molecule has 0 aliphatic heterocycles. The van der Waals surface area contributed by atoms with Gasteiger partial charge in [0.25, 0.3) is 0 Å². The van der Waals surface area contributed by atoms with Crippen molar-refractivity contribution in [1.29, 1.82) is 0 Å². The largest absolute Gasteiger partial charge is 0.0654 e. The average Bonchev–Trinajstić information content (AvgIpc) is 2.93. The predicted octanol–water partition coefficient (Wildman–Crippen LogP) is 13.7. The first-order valence-corrected chi connectivity index (χ1v) is 18.8. The minimum Gasteiger partial charge on any atom is -0.0654 e. The van der Waals surface area contributed by atoms with Crippen molar-refractivity contribution in [2.75, 3.05) is 0 Å². The Bertz CT molecular complexity index is 629. The molecule has 0 N–H and O–H groups in total. The van der Waals surface area contributed by atoms with Crippen molar-refractivity contribution < 1.29 is 0 Å². The number of allylic oxidation sites excluding steroid dienone is 4. The van der Waals surface area contributed by atoms with Crippen LogP contribution in [-0.2, 0) is 0 Å². The normalized spacial score (nSPS) is 26.8. The maximum absolute atomic E-state index is 2.76. The molecule has 39 heavy (non-hydrogen) atoms. The van der Waals surface area contributed by atoms with E-state index in [1.807, 2.05) is 11.1 Å². The van der Waals surface area contributed by atoms with Gasteiger partial charge in [0.05, 0.1) is 0 Å².